The van der Waals surface area contributed by atoms with Crippen LogP contribution in [0.15, 0.2) is 71.7 Å². The Kier molecular flexibility index (Phi) is 4.87. The van der Waals surface area contributed by atoms with E-state index in [4.69, 9.17) is 11.6 Å². The van der Waals surface area contributed by atoms with E-state index in [2.05, 4.69) is 10.3 Å². The van der Waals surface area contributed by atoms with Crippen molar-refractivity contribution >= 4 is 35.2 Å². The number of nitrogens with one attached hydrogen (secondary N) is 1. The van der Waals surface area contributed by atoms with Gasteiger partial charge in [0.1, 0.15) is 0 Å². The molecule has 1 heterocycles. The minimum Gasteiger partial charge on any atom is -0.328 e. The van der Waals surface area contributed by atoms with Crippen LogP contribution in [0.5, 0.6) is 0 Å². The average molecular weight is 339 g/mol. The molecule has 2 atom stereocenters. The number of amides is 2. The molecule has 0 aliphatic carbocycles. The van der Waals surface area contributed by atoms with E-state index in [0.717, 1.165) is 5.56 Å². The number of hydrogen-bond acceptors (Lipinski definition) is 2. The van der Waals surface area contributed by atoms with Crippen LogP contribution in [0.1, 0.15) is 15.9 Å². The van der Waals surface area contributed by atoms with E-state index >= 15 is 0 Å². The second kappa shape index (κ2) is 7.23. The number of hydrogen-bond donors (Lipinski definition) is 1. The van der Waals surface area contributed by atoms with Gasteiger partial charge in [0.15, 0.2) is 5.78 Å². The molecule has 0 spiro atoms. The molecule has 0 radical (unpaired) electrons. The molecule has 5 heteroatoms. The van der Waals surface area contributed by atoms with E-state index < -0.39 is 17.5 Å². The van der Waals surface area contributed by atoms with Crippen LogP contribution in [-0.4, -0.2) is 29.4 Å². The Hall–Kier alpha value is -2.72. The molecule has 0 bridgehead atoms. The fraction of sp³-hybridized carbons (Fsp3) is 0.105. The van der Waals surface area contributed by atoms with E-state index in [1.54, 1.807) is 12.1 Å². The average Bonchev–Trinajstić information content (AvgIpc) is 2.63. The second-order valence-electron chi connectivity index (χ2n) is 5.35. The summed E-state index contributed by atoms with van der Waals surface area (Å²) in [5.41, 5.74) is 2.06. The third-order valence-corrected chi connectivity index (χ3v) is 4.08. The normalized spacial score (nSPS) is 20.5. The number of carbonyl (C=O) groups is 2. The molecule has 0 saturated carbocycles. The Morgan fingerprint density at radius 1 is 1.00 bits per heavy atom. The quantitative estimate of drug-likeness (QED) is 0.524. The van der Waals surface area contributed by atoms with Crippen LogP contribution >= 0.6 is 11.6 Å². The Balaban J connectivity index is 2.03. The van der Waals surface area contributed by atoms with Crippen molar-refractivity contribution in [1.82, 2.24) is 5.32 Å². The van der Waals surface area contributed by atoms with Crippen molar-refractivity contribution in [3.8, 4) is 0 Å². The summed E-state index contributed by atoms with van der Waals surface area (Å²) in [6, 6.07) is 17.4. The van der Waals surface area contributed by atoms with Crippen molar-refractivity contribution < 1.29 is 9.59 Å². The van der Waals surface area contributed by atoms with Crippen LogP contribution in [0.3, 0.4) is 0 Å². The molecular formula is C19H15ClN2O2. The number of urea groups is 1. The van der Waals surface area contributed by atoms with Gasteiger partial charge in [-0.3, -0.25) is 4.79 Å². The van der Waals surface area contributed by atoms with Gasteiger partial charge in [0.05, 0.1) is 11.4 Å². The zero-order valence-electron chi connectivity index (χ0n) is 12.7. The van der Waals surface area contributed by atoms with Gasteiger partial charge in [-0.15, -0.1) is 11.6 Å². The van der Waals surface area contributed by atoms with Crippen LogP contribution in [0, 0.1) is 0 Å². The van der Waals surface area contributed by atoms with Crippen LogP contribution in [0.25, 0.3) is 5.57 Å². The van der Waals surface area contributed by atoms with Gasteiger partial charge in [-0.1, -0.05) is 60.7 Å². The smallest absolute Gasteiger partial charge is 0.328 e. The van der Waals surface area contributed by atoms with Gasteiger partial charge in [-0.2, -0.15) is 0 Å². The summed E-state index contributed by atoms with van der Waals surface area (Å²) < 4.78 is 0. The third kappa shape index (κ3) is 3.60. The lowest BCUT2D eigenvalue weighted by atomic mass is 9.93. The maximum absolute atomic E-state index is 12.6. The lowest BCUT2D eigenvalue weighted by Crippen LogP contribution is -2.45. The summed E-state index contributed by atoms with van der Waals surface area (Å²) >= 11 is 6.31. The molecule has 1 N–H and O–H groups in total. The third-order valence-electron chi connectivity index (χ3n) is 3.72. The summed E-state index contributed by atoms with van der Waals surface area (Å²) in [6.07, 6.45) is 2.93. The van der Waals surface area contributed by atoms with E-state index in [1.165, 1.54) is 12.3 Å². The Morgan fingerprint density at radius 3 is 2.21 bits per heavy atom. The van der Waals surface area contributed by atoms with Gasteiger partial charge in [-0.05, 0) is 17.2 Å². The number of aliphatic imine (C=N–C) groups is 1. The number of alkyl halides is 1. The van der Waals surface area contributed by atoms with Gasteiger partial charge < -0.3 is 5.32 Å². The zero-order chi connectivity index (χ0) is 16.9. The van der Waals surface area contributed by atoms with Gasteiger partial charge in [-0.25, -0.2) is 9.79 Å². The van der Waals surface area contributed by atoms with Crippen molar-refractivity contribution in [1.29, 1.82) is 0 Å². The lowest BCUT2D eigenvalue weighted by molar-refractivity contribution is 0.104. The first-order valence-electron chi connectivity index (χ1n) is 7.50. The lowest BCUT2D eigenvalue weighted by Gasteiger charge is -2.26. The van der Waals surface area contributed by atoms with Crippen molar-refractivity contribution in [3.05, 3.63) is 77.9 Å². The molecule has 0 saturated heterocycles. The number of halogens is 1. The summed E-state index contributed by atoms with van der Waals surface area (Å²) in [4.78, 5) is 27.9. The monoisotopic (exact) mass is 338 g/mol. The highest BCUT2D eigenvalue weighted by atomic mass is 35.5. The Labute approximate surface area is 144 Å². The first kappa shape index (κ1) is 16.1. The summed E-state index contributed by atoms with van der Waals surface area (Å²) in [5.74, 6) is -0.143. The number of nitrogens with zero attached hydrogens (tertiary/aromatic N) is 1. The van der Waals surface area contributed by atoms with Gasteiger partial charge >= 0.3 is 6.03 Å². The maximum Gasteiger partial charge on any atom is 0.341 e. The first-order valence-corrected chi connectivity index (χ1v) is 7.94. The minimum atomic E-state index is -0.530. The number of benzene rings is 2. The molecular weight excluding hydrogens is 324 g/mol. The highest BCUT2D eigenvalue weighted by Crippen LogP contribution is 2.25. The van der Waals surface area contributed by atoms with Crippen LogP contribution in [0.2, 0.25) is 0 Å². The summed E-state index contributed by atoms with van der Waals surface area (Å²) in [5, 5.41) is 2.20. The van der Waals surface area contributed by atoms with E-state index in [-0.39, 0.29) is 5.78 Å². The molecule has 2 aromatic carbocycles. The molecule has 0 aromatic heterocycles. The van der Waals surface area contributed by atoms with Gasteiger partial charge in [0.25, 0.3) is 0 Å². The number of allylic oxidation sites excluding steroid dienone is 1. The van der Waals surface area contributed by atoms with Crippen LogP contribution in [0.4, 0.5) is 4.79 Å². The molecule has 3 rings (SSSR count). The zero-order valence-corrected chi connectivity index (χ0v) is 13.5. The molecule has 120 valence electrons. The standard InChI is InChI=1S/C19H15ClN2O2/c20-16-12-21-19(24)22-18(16)15(13-7-3-1-4-8-13)11-17(23)14-9-5-2-6-10-14/h1-12,16,18H,(H,22,24). The highest BCUT2D eigenvalue weighted by Gasteiger charge is 2.28. The fourth-order valence-electron chi connectivity index (χ4n) is 2.53. The summed E-state index contributed by atoms with van der Waals surface area (Å²) in [6.45, 7) is 0. The highest BCUT2D eigenvalue weighted by molar-refractivity contribution is 6.31. The largest absolute Gasteiger partial charge is 0.341 e. The van der Waals surface area contributed by atoms with Crippen molar-refractivity contribution in [2.45, 2.75) is 11.4 Å². The molecule has 2 amide bonds. The van der Waals surface area contributed by atoms with Crippen LogP contribution < -0.4 is 5.32 Å². The Morgan fingerprint density at radius 2 is 1.58 bits per heavy atom. The molecule has 4 nitrogen and oxygen atoms in total. The molecule has 1 aliphatic rings. The SMILES string of the molecule is O=C1N=CC(Cl)C(C(=CC(=O)c2ccccc2)c2ccccc2)N1. The van der Waals surface area contributed by atoms with Gasteiger partial charge in [0.2, 0.25) is 0 Å². The topological polar surface area (TPSA) is 58.5 Å². The Bertz CT molecular complexity index is 801. The number of carbonyl (C=O) groups excluding carboxylic acids is 2. The van der Waals surface area contributed by atoms with Crippen LogP contribution in [-0.2, 0) is 0 Å². The van der Waals surface area contributed by atoms with Crippen molar-refractivity contribution in [2.24, 2.45) is 4.99 Å². The van der Waals surface area contributed by atoms with Gasteiger partial charge in [0, 0.05) is 11.8 Å². The summed E-state index contributed by atoms with van der Waals surface area (Å²) in [7, 11) is 0. The molecule has 2 unspecified atom stereocenters. The van der Waals surface area contributed by atoms with E-state index in [0.29, 0.717) is 11.1 Å². The predicted molar refractivity (Wildman–Crippen MR) is 95.6 cm³/mol. The molecule has 24 heavy (non-hydrogen) atoms. The number of ketones is 1. The minimum absolute atomic E-state index is 0.143. The fourth-order valence-corrected chi connectivity index (χ4v) is 2.79. The van der Waals surface area contributed by atoms with Crippen molar-refractivity contribution in [2.75, 3.05) is 0 Å². The van der Waals surface area contributed by atoms with Crippen molar-refractivity contribution in [3.63, 3.8) is 0 Å². The first-order chi connectivity index (χ1) is 11.6. The molecule has 2 aromatic rings. The number of rotatable bonds is 4. The molecule has 0 fully saturated rings. The second-order valence-corrected chi connectivity index (χ2v) is 5.85. The van der Waals surface area contributed by atoms with E-state index in [9.17, 15) is 9.59 Å². The predicted octanol–water partition coefficient (Wildman–Crippen LogP) is 3.72. The molecule has 1 aliphatic heterocycles. The van der Waals surface area contributed by atoms with E-state index in [1.807, 2.05) is 48.5 Å². The maximum atomic E-state index is 12.6.